The Kier molecular flexibility index (Phi) is 5.36. The number of rotatable bonds is 6. The highest BCUT2D eigenvalue weighted by Crippen LogP contribution is 2.28. The number of ether oxygens (including phenoxy) is 3. The Balaban J connectivity index is 2.03. The molecule has 0 bridgehead atoms. The van der Waals surface area contributed by atoms with Crippen LogP contribution in [0.1, 0.15) is 16.8 Å². The second-order valence-electron chi connectivity index (χ2n) is 4.41. The second-order valence-corrected chi connectivity index (χ2v) is 5.27. The van der Waals surface area contributed by atoms with Gasteiger partial charge in [0.05, 0.1) is 17.7 Å². The molecule has 104 valence electrons. The minimum atomic E-state index is -0.00726. The Morgan fingerprint density at radius 1 is 1.47 bits per heavy atom. The van der Waals surface area contributed by atoms with E-state index < -0.39 is 0 Å². The fourth-order valence-corrected chi connectivity index (χ4v) is 2.48. The van der Waals surface area contributed by atoms with Gasteiger partial charge in [0.15, 0.2) is 5.78 Å². The summed E-state index contributed by atoms with van der Waals surface area (Å²) >= 11 is 3.43. The van der Waals surface area contributed by atoms with E-state index >= 15 is 0 Å². The largest absolute Gasteiger partial charge is 0.490 e. The predicted octanol–water partition coefficient (Wildman–Crippen LogP) is 2.69. The quantitative estimate of drug-likeness (QED) is 0.595. The lowest BCUT2D eigenvalue weighted by molar-refractivity contribution is 0.0900. The second kappa shape index (κ2) is 7.03. The van der Waals surface area contributed by atoms with Gasteiger partial charge in [0.1, 0.15) is 12.4 Å². The number of Topliss-reactive ketones (excluding diaryl/α,β-unsaturated/α-hetero) is 1. The molecule has 0 spiro atoms. The van der Waals surface area contributed by atoms with Crippen molar-refractivity contribution in [3.63, 3.8) is 0 Å². The van der Waals surface area contributed by atoms with Crippen molar-refractivity contribution in [3.05, 3.63) is 28.2 Å². The molecule has 1 aromatic rings. The average molecular weight is 329 g/mol. The highest BCUT2D eigenvalue weighted by molar-refractivity contribution is 9.10. The average Bonchev–Trinajstić information content (AvgIpc) is 2.94. The van der Waals surface area contributed by atoms with Gasteiger partial charge in [0, 0.05) is 25.2 Å². The molecule has 4 nitrogen and oxygen atoms in total. The van der Waals surface area contributed by atoms with Gasteiger partial charge in [-0.3, -0.25) is 4.79 Å². The summed E-state index contributed by atoms with van der Waals surface area (Å²) < 4.78 is 16.5. The normalized spacial score (nSPS) is 18.5. The number of methoxy groups -OCH3 is 1. The smallest absolute Gasteiger partial charge is 0.168 e. The molecule has 1 unspecified atom stereocenters. The zero-order valence-corrected chi connectivity index (χ0v) is 12.4. The highest BCUT2D eigenvalue weighted by atomic mass is 79.9. The van der Waals surface area contributed by atoms with Gasteiger partial charge >= 0.3 is 0 Å². The maximum absolute atomic E-state index is 12.2. The van der Waals surface area contributed by atoms with Gasteiger partial charge in [-0.15, -0.1) is 0 Å². The van der Waals surface area contributed by atoms with Crippen LogP contribution >= 0.6 is 15.9 Å². The van der Waals surface area contributed by atoms with Gasteiger partial charge in [0.25, 0.3) is 0 Å². The van der Waals surface area contributed by atoms with Crippen molar-refractivity contribution in [2.45, 2.75) is 6.42 Å². The van der Waals surface area contributed by atoms with E-state index in [9.17, 15) is 4.79 Å². The molecule has 0 aliphatic carbocycles. The Hall–Kier alpha value is -0.910. The van der Waals surface area contributed by atoms with Crippen molar-refractivity contribution >= 4 is 21.7 Å². The van der Waals surface area contributed by atoms with Gasteiger partial charge < -0.3 is 14.2 Å². The fourth-order valence-electron chi connectivity index (χ4n) is 1.98. The molecule has 2 rings (SSSR count). The third kappa shape index (κ3) is 3.78. The zero-order valence-electron chi connectivity index (χ0n) is 10.9. The minimum absolute atomic E-state index is 0.00726. The van der Waals surface area contributed by atoms with E-state index in [0.29, 0.717) is 32.0 Å². The number of carbonyl (C=O) groups excluding carboxylic acids is 1. The molecule has 1 saturated heterocycles. The maximum atomic E-state index is 12.2. The van der Waals surface area contributed by atoms with Crippen LogP contribution in [0.25, 0.3) is 0 Å². The van der Waals surface area contributed by atoms with E-state index in [1.807, 2.05) is 12.1 Å². The first-order valence-electron chi connectivity index (χ1n) is 6.25. The molecular weight excluding hydrogens is 312 g/mol. The molecule has 0 aromatic heterocycles. The van der Waals surface area contributed by atoms with Crippen molar-refractivity contribution in [1.29, 1.82) is 0 Å². The van der Waals surface area contributed by atoms with Gasteiger partial charge in [-0.2, -0.15) is 0 Å². The summed E-state index contributed by atoms with van der Waals surface area (Å²) in [6.45, 7) is 2.23. The van der Waals surface area contributed by atoms with E-state index in [-0.39, 0.29) is 11.7 Å². The van der Waals surface area contributed by atoms with Gasteiger partial charge in [-0.1, -0.05) is 0 Å². The number of halogens is 1. The van der Waals surface area contributed by atoms with E-state index in [0.717, 1.165) is 16.6 Å². The standard InChI is InChI=1S/C14H17BrO4/c1-17-6-7-19-13-3-2-10(8-12(13)15)14(16)11-4-5-18-9-11/h2-3,8,11H,4-7,9H2,1H3. The van der Waals surface area contributed by atoms with Crippen LogP contribution in [0, 0.1) is 5.92 Å². The Labute approximate surface area is 121 Å². The number of benzene rings is 1. The van der Waals surface area contributed by atoms with Crippen LogP contribution in [0.5, 0.6) is 5.75 Å². The number of hydrogen-bond acceptors (Lipinski definition) is 4. The lowest BCUT2D eigenvalue weighted by atomic mass is 9.97. The third-order valence-corrected chi connectivity index (χ3v) is 3.68. The molecule has 19 heavy (non-hydrogen) atoms. The molecule has 1 fully saturated rings. The Morgan fingerprint density at radius 2 is 2.32 bits per heavy atom. The van der Waals surface area contributed by atoms with E-state index in [1.54, 1.807) is 13.2 Å². The molecule has 1 atom stereocenters. The summed E-state index contributed by atoms with van der Waals surface area (Å²) in [5.74, 6) is 0.852. The first-order valence-corrected chi connectivity index (χ1v) is 7.05. The first kappa shape index (κ1) is 14.5. The summed E-state index contributed by atoms with van der Waals surface area (Å²) in [7, 11) is 1.63. The van der Waals surface area contributed by atoms with Gasteiger partial charge in [-0.25, -0.2) is 0 Å². The molecule has 1 aromatic carbocycles. The van der Waals surface area contributed by atoms with Crippen molar-refractivity contribution in [1.82, 2.24) is 0 Å². The van der Waals surface area contributed by atoms with Gasteiger partial charge in [-0.05, 0) is 40.5 Å². The van der Waals surface area contributed by atoms with Crippen LogP contribution in [0.15, 0.2) is 22.7 Å². The van der Waals surface area contributed by atoms with Crippen LogP contribution in [0.2, 0.25) is 0 Å². The molecule has 5 heteroatoms. The predicted molar refractivity (Wildman–Crippen MR) is 74.8 cm³/mol. The van der Waals surface area contributed by atoms with Crippen molar-refractivity contribution in [2.75, 3.05) is 33.5 Å². The fraction of sp³-hybridized carbons (Fsp3) is 0.500. The topological polar surface area (TPSA) is 44.8 Å². The number of ketones is 1. The molecular formula is C14H17BrO4. The molecule has 0 N–H and O–H groups in total. The molecule has 1 aliphatic rings. The summed E-state index contributed by atoms with van der Waals surface area (Å²) in [6.07, 6.45) is 0.808. The summed E-state index contributed by atoms with van der Waals surface area (Å²) in [4.78, 5) is 12.2. The van der Waals surface area contributed by atoms with Gasteiger partial charge in [0.2, 0.25) is 0 Å². The molecule has 1 aliphatic heterocycles. The van der Waals surface area contributed by atoms with E-state index in [4.69, 9.17) is 14.2 Å². The molecule has 1 heterocycles. The lowest BCUT2D eigenvalue weighted by Crippen LogP contribution is -2.14. The first-order chi connectivity index (χ1) is 9.22. The lowest BCUT2D eigenvalue weighted by Gasteiger charge is -2.10. The van der Waals surface area contributed by atoms with E-state index in [1.165, 1.54) is 0 Å². The number of hydrogen-bond donors (Lipinski definition) is 0. The molecule has 0 radical (unpaired) electrons. The monoisotopic (exact) mass is 328 g/mol. The van der Waals surface area contributed by atoms with Crippen LogP contribution in [-0.4, -0.2) is 39.3 Å². The molecule has 0 saturated carbocycles. The zero-order chi connectivity index (χ0) is 13.7. The Morgan fingerprint density at radius 3 is 2.95 bits per heavy atom. The van der Waals surface area contributed by atoms with Crippen LogP contribution in [-0.2, 0) is 9.47 Å². The van der Waals surface area contributed by atoms with Crippen LogP contribution < -0.4 is 4.74 Å². The summed E-state index contributed by atoms with van der Waals surface area (Å²) in [6, 6.07) is 5.42. The van der Waals surface area contributed by atoms with Crippen LogP contribution in [0.3, 0.4) is 0 Å². The summed E-state index contributed by atoms with van der Waals surface area (Å²) in [5, 5.41) is 0. The maximum Gasteiger partial charge on any atom is 0.168 e. The Bertz CT molecular complexity index is 441. The van der Waals surface area contributed by atoms with Crippen molar-refractivity contribution in [3.8, 4) is 5.75 Å². The van der Waals surface area contributed by atoms with Crippen molar-refractivity contribution in [2.24, 2.45) is 5.92 Å². The van der Waals surface area contributed by atoms with Crippen LogP contribution in [0.4, 0.5) is 0 Å². The SMILES string of the molecule is COCCOc1ccc(C(=O)C2CCOC2)cc1Br. The molecule has 0 amide bonds. The number of carbonyl (C=O) groups is 1. The van der Waals surface area contributed by atoms with Crippen molar-refractivity contribution < 1.29 is 19.0 Å². The highest BCUT2D eigenvalue weighted by Gasteiger charge is 2.24. The minimum Gasteiger partial charge on any atom is -0.490 e. The van der Waals surface area contributed by atoms with E-state index in [2.05, 4.69) is 15.9 Å². The summed E-state index contributed by atoms with van der Waals surface area (Å²) in [5.41, 5.74) is 0.696. The third-order valence-electron chi connectivity index (χ3n) is 3.06.